The number of nitrogens with zero attached hydrogens (tertiary/aromatic N) is 5. The van der Waals surface area contributed by atoms with E-state index >= 15 is 4.39 Å². The summed E-state index contributed by atoms with van der Waals surface area (Å²) in [7, 11) is 0. The number of halogens is 3. The molecule has 5 fully saturated rings. The zero-order valence-electron chi connectivity index (χ0n) is 25.0. The standard InChI is InChI=1S/C34H36ClF2N5O3/c1-2-30(44)42-21-6-7-22(42)17-40(16-21)32-26-12-28(37)24(25-10-23(43)11-27(35)31(25)19-4-5-19)13-29(26)38-33(39-32)45-18-34-8-3-9-41(34)15-20(36)14-34/h2,10-13,19-22,43H,1,3-9,14-18H2/t20-,21-,22+,34+/m1/s1. The number of carbonyl (C=O) groups is 1. The number of rotatable bonds is 7. The number of piperazine rings is 1. The lowest BCUT2D eigenvalue weighted by molar-refractivity contribution is -0.129. The molecule has 11 heteroatoms. The Morgan fingerprint density at radius 1 is 1.11 bits per heavy atom. The lowest BCUT2D eigenvalue weighted by Gasteiger charge is -2.41. The number of ether oxygens (including phenoxy) is 1. The minimum Gasteiger partial charge on any atom is -0.508 e. The number of anilines is 1. The smallest absolute Gasteiger partial charge is 0.319 e. The maximum atomic E-state index is 16.2. The number of phenols is 1. The Kier molecular flexibility index (Phi) is 6.94. The van der Waals surface area contributed by atoms with Crippen LogP contribution in [0.1, 0.15) is 56.4 Å². The first-order chi connectivity index (χ1) is 21.7. The highest BCUT2D eigenvalue weighted by molar-refractivity contribution is 6.32. The van der Waals surface area contributed by atoms with Crippen LogP contribution in [0, 0.1) is 5.82 Å². The van der Waals surface area contributed by atoms with Crippen molar-refractivity contribution in [1.82, 2.24) is 19.8 Å². The van der Waals surface area contributed by atoms with Crippen molar-refractivity contribution in [3.05, 3.63) is 53.3 Å². The van der Waals surface area contributed by atoms with Gasteiger partial charge in [0.2, 0.25) is 5.91 Å². The molecule has 236 valence electrons. The van der Waals surface area contributed by atoms with Gasteiger partial charge in [-0.2, -0.15) is 9.97 Å². The first-order valence-electron chi connectivity index (χ1n) is 16.0. The molecule has 5 aliphatic rings. The highest BCUT2D eigenvalue weighted by Gasteiger charge is 2.49. The minimum absolute atomic E-state index is 0.00537. The number of amides is 1. The summed E-state index contributed by atoms with van der Waals surface area (Å²) in [4.78, 5) is 28.5. The highest BCUT2D eigenvalue weighted by Crippen LogP contribution is 2.50. The van der Waals surface area contributed by atoms with Crippen LogP contribution in [0.3, 0.4) is 0 Å². The second-order valence-corrected chi connectivity index (χ2v) is 13.9. The molecule has 3 aromatic rings. The van der Waals surface area contributed by atoms with Gasteiger partial charge >= 0.3 is 6.01 Å². The summed E-state index contributed by atoms with van der Waals surface area (Å²) in [6, 6.07) is 6.38. The van der Waals surface area contributed by atoms with Crippen LogP contribution in [0.5, 0.6) is 11.8 Å². The summed E-state index contributed by atoms with van der Waals surface area (Å²) in [5.74, 6) is 0.196. The van der Waals surface area contributed by atoms with E-state index in [1.165, 1.54) is 18.2 Å². The summed E-state index contributed by atoms with van der Waals surface area (Å²) in [6.07, 6.45) is 6.41. The fourth-order valence-electron chi connectivity index (χ4n) is 8.43. The molecule has 1 saturated carbocycles. The maximum absolute atomic E-state index is 16.2. The molecule has 45 heavy (non-hydrogen) atoms. The SMILES string of the molecule is C=CC(=O)N1[C@@H]2CC[C@H]1CN(c1nc(OC[C@@]34CCCN3C[C@H](F)C4)nc3cc(-c4cc(O)cc(Cl)c4C4CC4)c(F)cc13)C2. The average molecular weight is 636 g/mol. The molecule has 1 aliphatic carbocycles. The molecule has 4 saturated heterocycles. The van der Waals surface area contributed by atoms with Crippen LogP contribution in [0.25, 0.3) is 22.0 Å². The van der Waals surface area contributed by atoms with Crippen molar-refractivity contribution >= 4 is 34.2 Å². The van der Waals surface area contributed by atoms with Gasteiger partial charge in [-0.3, -0.25) is 9.69 Å². The van der Waals surface area contributed by atoms with E-state index < -0.39 is 12.0 Å². The zero-order valence-corrected chi connectivity index (χ0v) is 25.8. The molecule has 8 nitrogen and oxygen atoms in total. The van der Waals surface area contributed by atoms with Gasteiger partial charge in [-0.1, -0.05) is 18.2 Å². The van der Waals surface area contributed by atoms with Crippen molar-refractivity contribution < 1.29 is 23.4 Å². The third-order valence-corrected chi connectivity index (χ3v) is 10.9. The number of phenolic OH excluding ortho intramolecular Hbond substituents is 1. The van der Waals surface area contributed by atoms with Crippen molar-refractivity contribution in [1.29, 1.82) is 0 Å². The number of aromatic hydroxyl groups is 1. The topological polar surface area (TPSA) is 82.0 Å². The Hall–Kier alpha value is -3.50. The van der Waals surface area contributed by atoms with Crippen molar-refractivity contribution in [2.45, 2.75) is 74.7 Å². The highest BCUT2D eigenvalue weighted by atomic mass is 35.5. The summed E-state index contributed by atoms with van der Waals surface area (Å²) in [5, 5.41) is 11.4. The molecule has 0 unspecified atom stereocenters. The van der Waals surface area contributed by atoms with Gasteiger partial charge in [-0.25, -0.2) is 8.78 Å². The average Bonchev–Trinajstić information content (AvgIpc) is 3.62. The van der Waals surface area contributed by atoms with Gasteiger partial charge in [0.15, 0.2) is 0 Å². The number of hydrogen-bond donors (Lipinski definition) is 1. The minimum atomic E-state index is -0.882. The van der Waals surface area contributed by atoms with Crippen LogP contribution >= 0.6 is 11.6 Å². The van der Waals surface area contributed by atoms with Crippen molar-refractivity contribution in [3.63, 3.8) is 0 Å². The monoisotopic (exact) mass is 635 g/mol. The summed E-state index contributed by atoms with van der Waals surface area (Å²) < 4.78 is 37.0. The van der Waals surface area contributed by atoms with E-state index in [0.29, 0.717) is 58.9 Å². The van der Waals surface area contributed by atoms with Crippen molar-refractivity contribution in [3.8, 4) is 22.9 Å². The Balaban J connectivity index is 1.22. The fraction of sp³-hybridized carbons (Fsp3) is 0.500. The molecule has 1 N–H and O–H groups in total. The van der Waals surface area contributed by atoms with Gasteiger partial charge in [-0.15, -0.1) is 0 Å². The van der Waals surface area contributed by atoms with Crippen LogP contribution in [0.2, 0.25) is 5.02 Å². The number of fused-ring (bicyclic) bond motifs is 4. The van der Waals surface area contributed by atoms with Gasteiger partial charge in [0, 0.05) is 54.1 Å². The van der Waals surface area contributed by atoms with E-state index in [1.807, 2.05) is 4.90 Å². The Labute approximate surface area is 265 Å². The predicted molar refractivity (Wildman–Crippen MR) is 168 cm³/mol. The Morgan fingerprint density at radius 3 is 2.62 bits per heavy atom. The quantitative estimate of drug-likeness (QED) is 0.319. The Bertz CT molecular complexity index is 1710. The summed E-state index contributed by atoms with van der Waals surface area (Å²) >= 11 is 6.58. The van der Waals surface area contributed by atoms with E-state index in [4.69, 9.17) is 26.3 Å². The molecule has 4 aliphatic heterocycles. The normalized spacial score (nSPS) is 27.8. The van der Waals surface area contributed by atoms with Gasteiger partial charge in [0.05, 0.1) is 11.1 Å². The largest absolute Gasteiger partial charge is 0.508 e. The maximum Gasteiger partial charge on any atom is 0.319 e. The van der Waals surface area contributed by atoms with E-state index in [-0.39, 0.29) is 47.8 Å². The van der Waals surface area contributed by atoms with E-state index in [1.54, 1.807) is 12.1 Å². The number of aromatic nitrogens is 2. The molecule has 1 aromatic heterocycles. The first-order valence-corrected chi connectivity index (χ1v) is 16.4. The van der Waals surface area contributed by atoms with E-state index in [0.717, 1.165) is 50.6 Å². The molecule has 8 rings (SSSR count). The van der Waals surface area contributed by atoms with Gasteiger partial charge in [0.1, 0.15) is 30.2 Å². The second-order valence-electron chi connectivity index (χ2n) is 13.4. The molecule has 0 radical (unpaired) electrons. The molecule has 5 heterocycles. The van der Waals surface area contributed by atoms with Crippen molar-refractivity contribution in [2.75, 3.05) is 37.7 Å². The predicted octanol–water partition coefficient (Wildman–Crippen LogP) is 5.99. The van der Waals surface area contributed by atoms with Crippen LogP contribution in [-0.2, 0) is 4.79 Å². The molecule has 0 spiro atoms. The van der Waals surface area contributed by atoms with Crippen LogP contribution in [0.4, 0.5) is 14.6 Å². The van der Waals surface area contributed by atoms with Crippen LogP contribution in [-0.4, -0.2) is 87.4 Å². The van der Waals surface area contributed by atoms with E-state index in [9.17, 15) is 14.3 Å². The summed E-state index contributed by atoms with van der Waals surface area (Å²) in [6.45, 7) is 6.31. The number of benzene rings is 2. The van der Waals surface area contributed by atoms with Crippen LogP contribution in [0.15, 0.2) is 36.9 Å². The number of hydrogen-bond acceptors (Lipinski definition) is 7. The lowest BCUT2D eigenvalue weighted by Crippen LogP contribution is -2.55. The van der Waals surface area contributed by atoms with Gasteiger partial charge in [0.25, 0.3) is 0 Å². The second kappa shape index (κ2) is 10.8. The molecule has 4 atom stereocenters. The van der Waals surface area contributed by atoms with Gasteiger partial charge in [-0.05, 0) is 92.5 Å². The van der Waals surface area contributed by atoms with E-state index in [2.05, 4.69) is 16.4 Å². The number of carbonyl (C=O) groups excluding carboxylic acids is 1. The van der Waals surface area contributed by atoms with Crippen LogP contribution < -0.4 is 9.64 Å². The molecule has 2 aromatic carbocycles. The number of alkyl halides is 1. The molecular weight excluding hydrogens is 600 g/mol. The first kappa shape index (κ1) is 28.9. The summed E-state index contributed by atoms with van der Waals surface area (Å²) in [5.41, 5.74) is 1.81. The zero-order chi connectivity index (χ0) is 31.0. The lowest BCUT2D eigenvalue weighted by atomic mass is 9.94. The Morgan fingerprint density at radius 2 is 1.89 bits per heavy atom. The molecule has 2 bridgehead atoms. The molecular formula is C34H36ClF2N5O3. The van der Waals surface area contributed by atoms with Gasteiger partial charge < -0.3 is 19.6 Å². The molecule has 1 amide bonds. The fourth-order valence-corrected chi connectivity index (χ4v) is 8.79. The van der Waals surface area contributed by atoms with Crippen molar-refractivity contribution in [2.24, 2.45) is 0 Å². The third-order valence-electron chi connectivity index (χ3n) is 10.6. The third kappa shape index (κ3) is 4.92.